The van der Waals surface area contributed by atoms with E-state index in [-0.39, 0.29) is 18.6 Å². The van der Waals surface area contributed by atoms with E-state index in [0.29, 0.717) is 7.92 Å². The van der Waals surface area contributed by atoms with Crippen LogP contribution in [0.2, 0.25) is 0 Å². The van der Waals surface area contributed by atoms with E-state index in [9.17, 15) is 0 Å². The van der Waals surface area contributed by atoms with Gasteiger partial charge in [-0.1, -0.05) is 97.1 Å². The van der Waals surface area contributed by atoms with Gasteiger partial charge in [-0.25, -0.2) is 0 Å². The molecule has 1 radical (unpaired) electrons. The first-order chi connectivity index (χ1) is 12.2. The van der Waals surface area contributed by atoms with Crippen molar-refractivity contribution in [1.29, 1.82) is 0 Å². The van der Waals surface area contributed by atoms with E-state index >= 15 is 0 Å². The second-order valence-corrected chi connectivity index (χ2v) is 9.07. The van der Waals surface area contributed by atoms with Gasteiger partial charge < -0.3 is 0 Å². The maximum absolute atomic E-state index is 2.23. The van der Waals surface area contributed by atoms with E-state index in [1.54, 1.807) is 0 Å². The maximum atomic E-state index is 2.23. The van der Waals surface area contributed by atoms with Gasteiger partial charge in [0.15, 0.2) is 0 Å². The fourth-order valence-corrected chi connectivity index (χ4v) is 2.47. The number of hydrogen-bond acceptors (Lipinski definition) is 0. The molecule has 0 saturated heterocycles. The summed E-state index contributed by atoms with van der Waals surface area (Å²) in [4.78, 5) is 0. The molecule has 0 saturated carbocycles. The van der Waals surface area contributed by atoms with E-state index in [0.717, 1.165) is 6.42 Å². The van der Waals surface area contributed by atoms with Crippen molar-refractivity contribution in [3.63, 3.8) is 0 Å². The van der Waals surface area contributed by atoms with Crippen LogP contribution in [0.3, 0.4) is 0 Å². The molecular formula is C24H27PV. The van der Waals surface area contributed by atoms with Crippen LogP contribution in [0, 0.1) is 0 Å². The second kappa shape index (κ2) is 12.7. The van der Waals surface area contributed by atoms with Gasteiger partial charge in [0.2, 0.25) is 0 Å². The zero-order chi connectivity index (χ0) is 17.9. The van der Waals surface area contributed by atoms with Gasteiger partial charge in [0, 0.05) is 18.6 Å². The smallest absolute Gasteiger partial charge is 0 e. The number of hydrogen-bond donors (Lipinski definition) is 0. The van der Waals surface area contributed by atoms with E-state index in [2.05, 4.69) is 111 Å². The minimum absolute atomic E-state index is 0. The Bertz CT molecular complexity index is 751. The van der Waals surface area contributed by atoms with Crippen LogP contribution in [0.5, 0.6) is 0 Å². The normalized spacial score (nSPS) is 13.2. The molecule has 0 heterocycles. The van der Waals surface area contributed by atoms with E-state index in [4.69, 9.17) is 0 Å². The second-order valence-electron chi connectivity index (χ2n) is 6.38. The molecule has 0 aromatic heterocycles. The van der Waals surface area contributed by atoms with Crippen LogP contribution in [0.1, 0.15) is 17.5 Å². The van der Waals surface area contributed by atoms with Gasteiger partial charge in [0.05, 0.1) is 0 Å². The molecule has 0 bridgehead atoms. The van der Waals surface area contributed by atoms with Crippen molar-refractivity contribution in [3.8, 4) is 0 Å². The largest absolute Gasteiger partial charge is 0.116 e. The minimum atomic E-state index is 0. The van der Waals surface area contributed by atoms with Crippen molar-refractivity contribution < 1.29 is 18.6 Å². The summed E-state index contributed by atoms with van der Waals surface area (Å²) in [7, 11) is 0.380. The number of allylic oxidation sites excluding steroid dienone is 7. The quantitative estimate of drug-likeness (QED) is 0.384. The fourth-order valence-electron chi connectivity index (χ4n) is 2.47. The van der Waals surface area contributed by atoms with Gasteiger partial charge in [-0.3, -0.25) is 0 Å². The third-order valence-electron chi connectivity index (χ3n) is 3.55. The molecule has 133 valence electrons. The van der Waals surface area contributed by atoms with Crippen LogP contribution < -0.4 is 0 Å². The van der Waals surface area contributed by atoms with Gasteiger partial charge in [0.1, 0.15) is 0 Å². The Labute approximate surface area is 172 Å². The third-order valence-corrected chi connectivity index (χ3v) is 3.55. The van der Waals surface area contributed by atoms with Crippen molar-refractivity contribution >= 4 is 19.6 Å². The van der Waals surface area contributed by atoms with Crippen molar-refractivity contribution in [2.75, 3.05) is 20.0 Å². The first-order valence-corrected chi connectivity index (χ1v) is 11.3. The topological polar surface area (TPSA) is 0 Å². The summed E-state index contributed by atoms with van der Waals surface area (Å²) in [5.41, 5.74) is 5.16. The van der Waals surface area contributed by atoms with Gasteiger partial charge >= 0.3 is 0 Å². The zero-order valence-corrected chi connectivity index (χ0v) is 18.1. The Morgan fingerprint density at radius 2 is 1.46 bits per heavy atom. The SMILES string of the molecule is C1=CCC(C(=CC=Cc2ccccc2)c2ccccc2)=C1.CP(C)C.[V]. The molecule has 0 N–H and O–H groups in total. The van der Waals surface area contributed by atoms with Crippen LogP contribution in [0.4, 0.5) is 0 Å². The molecule has 0 aliphatic heterocycles. The first kappa shape index (κ1) is 22.5. The molecule has 3 rings (SSSR count). The summed E-state index contributed by atoms with van der Waals surface area (Å²) in [5, 5.41) is 0. The maximum Gasteiger partial charge on any atom is 0 e. The third kappa shape index (κ3) is 8.20. The molecule has 2 aromatic rings. The van der Waals surface area contributed by atoms with Gasteiger partial charge in [-0.15, -0.1) is 7.92 Å². The first-order valence-electron chi connectivity index (χ1n) is 8.62. The molecule has 2 aromatic carbocycles. The zero-order valence-electron chi connectivity index (χ0n) is 15.8. The Hall–Kier alpha value is -1.59. The summed E-state index contributed by atoms with van der Waals surface area (Å²) in [5.74, 6) is 0. The van der Waals surface area contributed by atoms with Crippen LogP contribution in [0.15, 0.2) is 96.6 Å². The van der Waals surface area contributed by atoms with E-state index in [1.807, 2.05) is 6.07 Å². The molecule has 26 heavy (non-hydrogen) atoms. The molecule has 0 amide bonds. The average Bonchev–Trinajstić information content (AvgIpc) is 3.14. The van der Waals surface area contributed by atoms with Crippen molar-refractivity contribution in [3.05, 3.63) is 108 Å². The Morgan fingerprint density at radius 1 is 0.885 bits per heavy atom. The molecule has 2 heteroatoms. The van der Waals surface area contributed by atoms with Crippen molar-refractivity contribution in [2.24, 2.45) is 0 Å². The van der Waals surface area contributed by atoms with Crippen molar-refractivity contribution in [2.45, 2.75) is 6.42 Å². The van der Waals surface area contributed by atoms with Gasteiger partial charge in [-0.2, -0.15) is 0 Å². The van der Waals surface area contributed by atoms with E-state index in [1.165, 1.54) is 22.3 Å². The molecular weight excluding hydrogens is 370 g/mol. The molecule has 0 atom stereocenters. The Morgan fingerprint density at radius 3 is 2.00 bits per heavy atom. The monoisotopic (exact) mass is 397 g/mol. The van der Waals surface area contributed by atoms with Crippen LogP contribution in [-0.4, -0.2) is 20.0 Å². The molecule has 1 aliphatic carbocycles. The average molecular weight is 397 g/mol. The minimum Gasteiger partial charge on any atom is -0.116 e. The predicted molar refractivity (Wildman–Crippen MR) is 116 cm³/mol. The molecule has 0 unspecified atom stereocenters. The van der Waals surface area contributed by atoms with Crippen LogP contribution >= 0.6 is 7.92 Å². The standard InChI is InChI=1S/C21H18.C3H9P.V/c1-3-10-18(11-4-1)12-9-17-21(20-15-7-8-16-20)19-13-5-2-6-14-19;1-4(2)3;/h1-15,17H,16H2;1-3H3;. The van der Waals surface area contributed by atoms with Crippen LogP contribution in [0.25, 0.3) is 11.6 Å². The molecule has 0 fully saturated rings. The van der Waals surface area contributed by atoms with E-state index < -0.39 is 0 Å². The summed E-state index contributed by atoms with van der Waals surface area (Å²) < 4.78 is 0. The van der Waals surface area contributed by atoms with Gasteiger partial charge in [0.25, 0.3) is 0 Å². The molecule has 0 spiro atoms. The molecule has 0 nitrogen and oxygen atoms in total. The summed E-state index contributed by atoms with van der Waals surface area (Å²) in [6.45, 7) is 6.69. The fraction of sp³-hybridized carbons (Fsp3) is 0.167. The summed E-state index contributed by atoms with van der Waals surface area (Å²) in [6.07, 6.45) is 14.0. The number of benzene rings is 2. The van der Waals surface area contributed by atoms with Crippen molar-refractivity contribution in [1.82, 2.24) is 0 Å². The Balaban J connectivity index is 0.000000616. The molecule has 1 aliphatic rings. The summed E-state index contributed by atoms with van der Waals surface area (Å²) >= 11 is 0. The summed E-state index contributed by atoms with van der Waals surface area (Å²) in [6, 6.07) is 21.0. The Kier molecular flexibility index (Phi) is 11.0. The van der Waals surface area contributed by atoms with Crippen LogP contribution in [-0.2, 0) is 18.6 Å². The van der Waals surface area contributed by atoms with Gasteiger partial charge in [-0.05, 0) is 48.7 Å². The number of rotatable bonds is 4. The predicted octanol–water partition coefficient (Wildman–Crippen LogP) is 7.02.